The first-order valence-electron chi connectivity index (χ1n) is 4.76. The molecule has 1 saturated carbocycles. The summed E-state index contributed by atoms with van der Waals surface area (Å²) in [6, 6.07) is 4.48. The maximum atomic E-state index is 12.6. The highest BCUT2D eigenvalue weighted by Gasteiger charge is 2.45. The smallest absolute Gasteiger partial charge is 0.267 e. The van der Waals surface area contributed by atoms with Gasteiger partial charge in [-0.2, -0.15) is 0 Å². The molecule has 0 aromatic heterocycles. The van der Waals surface area contributed by atoms with Crippen molar-refractivity contribution in [2.24, 2.45) is 0 Å². The van der Waals surface area contributed by atoms with Gasteiger partial charge in [0, 0.05) is 5.56 Å². The molecule has 1 aromatic rings. The summed E-state index contributed by atoms with van der Waals surface area (Å²) in [5.41, 5.74) is -0.630. The summed E-state index contributed by atoms with van der Waals surface area (Å²) in [4.78, 5) is 0. The molecule has 82 valence electrons. The molecule has 1 aromatic carbocycles. The van der Waals surface area contributed by atoms with Gasteiger partial charge in [0.2, 0.25) is 0 Å². The molecule has 0 atom stereocenters. The molecular weight excluding hydrogens is 202 g/mol. The lowest BCUT2D eigenvalue weighted by molar-refractivity contribution is 0.136. The lowest BCUT2D eigenvalue weighted by Crippen LogP contribution is -2.08. The molecular formula is C11H12F2O2. The average Bonchev–Trinajstić information content (AvgIpc) is 2.96. The SMILES string of the molecule is COc1c(C(F)F)cccc1C1(O)CC1. The van der Waals surface area contributed by atoms with Crippen molar-refractivity contribution in [3.63, 3.8) is 0 Å². The number of alkyl halides is 2. The van der Waals surface area contributed by atoms with Gasteiger partial charge in [-0.25, -0.2) is 8.78 Å². The zero-order valence-corrected chi connectivity index (χ0v) is 8.34. The van der Waals surface area contributed by atoms with Crippen LogP contribution in [0.3, 0.4) is 0 Å². The number of aliphatic hydroxyl groups is 1. The molecule has 0 radical (unpaired) electrons. The van der Waals surface area contributed by atoms with E-state index in [1.165, 1.54) is 19.2 Å². The van der Waals surface area contributed by atoms with Gasteiger partial charge in [-0.15, -0.1) is 0 Å². The van der Waals surface area contributed by atoms with Crippen molar-refractivity contribution in [3.05, 3.63) is 29.3 Å². The van der Waals surface area contributed by atoms with E-state index in [1.807, 2.05) is 0 Å². The maximum absolute atomic E-state index is 12.6. The van der Waals surface area contributed by atoms with E-state index in [0.29, 0.717) is 18.4 Å². The van der Waals surface area contributed by atoms with Crippen LogP contribution in [0, 0.1) is 0 Å². The van der Waals surface area contributed by atoms with E-state index in [1.54, 1.807) is 6.07 Å². The van der Waals surface area contributed by atoms with Crippen molar-refractivity contribution >= 4 is 0 Å². The normalized spacial score (nSPS) is 17.9. The summed E-state index contributed by atoms with van der Waals surface area (Å²) < 4.78 is 30.2. The van der Waals surface area contributed by atoms with E-state index in [2.05, 4.69) is 0 Å². The highest BCUT2D eigenvalue weighted by molar-refractivity contribution is 5.47. The number of methoxy groups -OCH3 is 1. The molecule has 0 aliphatic heterocycles. The van der Waals surface area contributed by atoms with E-state index in [-0.39, 0.29) is 11.3 Å². The van der Waals surface area contributed by atoms with Crippen LogP contribution in [0.25, 0.3) is 0 Å². The van der Waals surface area contributed by atoms with Gasteiger partial charge in [-0.1, -0.05) is 12.1 Å². The third-order valence-corrected chi connectivity index (χ3v) is 2.71. The molecule has 2 nitrogen and oxygen atoms in total. The van der Waals surface area contributed by atoms with Gasteiger partial charge >= 0.3 is 0 Å². The van der Waals surface area contributed by atoms with Gasteiger partial charge < -0.3 is 9.84 Å². The second-order valence-electron chi connectivity index (χ2n) is 3.76. The molecule has 15 heavy (non-hydrogen) atoms. The molecule has 0 amide bonds. The Labute approximate surface area is 86.5 Å². The van der Waals surface area contributed by atoms with Crippen molar-refractivity contribution in [3.8, 4) is 5.75 Å². The topological polar surface area (TPSA) is 29.5 Å². The monoisotopic (exact) mass is 214 g/mol. The standard InChI is InChI=1S/C11H12F2O2/c1-15-9-7(10(12)13)3-2-4-8(9)11(14)5-6-11/h2-4,10,14H,5-6H2,1H3. The first-order chi connectivity index (χ1) is 7.08. The van der Waals surface area contributed by atoms with E-state index in [9.17, 15) is 13.9 Å². The summed E-state index contributed by atoms with van der Waals surface area (Å²) in [6.07, 6.45) is -1.37. The van der Waals surface area contributed by atoms with Gasteiger partial charge in [0.25, 0.3) is 6.43 Å². The summed E-state index contributed by atoms with van der Waals surface area (Å²) in [7, 11) is 1.34. The number of rotatable bonds is 3. The van der Waals surface area contributed by atoms with Crippen LogP contribution >= 0.6 is 0 Å². The van der Waals surface area contributed by atoms with Crippen LogP contribution in [0.5, 0.6) is 5.75 Å². The van der Waals surface area contributed by atoms with E-state index < -0.39 is 12.0 Å². The quantitative estimate of drug-likeness (QED) is 0.838. The van der Waals surface area contributed by atoms with Crippen molar-refractivity contribution < 1.29 is 18.6 Å². The molecule has 1 aliphatic carbocycles. The zero-order valence-electron chi connectivity index (χ0n) is 8.34. The van der Waals surface area contributed by atoms with E-state index in [0.717, 1.165) is 0 Å². The highest BCUT2D eigenvalue weighted by atomic mass is 19.3. The molecule has 0 saturated heterocycles. The van der Waals surface area contributed by atoms with Crippen LogP contribution in [0.4, 0.5) is 8.78 Å². The number of ether oxygens (including phenoxy) is 1. The fourth-order valence-electron chi connectivity index (χ4n) is 1.71. The molecule has 0 spiro atoms. The number of para-hydroxylation sites is 1. The number of halogens is 2. The molecule has 0 bridgehead atoms. The lowest BCUT2D eigenvalue weighted by Gasteiger charge is -2.16. The highest BCUT2D eigenvalue weighted by Crippen LogP contribution is 2.50. The predicted octanol–water partition coefficient (Wildman–Crippen LogP) is 2.61. The minimum absolute atomic E-state index is 0.118. The van der Waals surface area contributed by atoms with Gasteiger partial charge in [0.1, 0.15) is 5.75 Å². The molecule has 1 aliphatic rings. The van der Waals surface area contributed by atoms with Crippen LogP contribution in [0.15, 0.2) is 18.2 Å². The Bertz CT molecular complexity index is 373. The van der Waals surface area contributed by atoms with Crippen LogP contribution in [-0.2, 0) is 5.60 Å². The molecule has 1 fully saturated rings. The number of hydrogen-bond acceptors (Lipinski definition) is 2. The second-order valence-corrected chi connectivity index (χ2v) is 3.76. The van der Waals surface area contributed by atoms with Gasteiger partial charge in [0.15, 0.2) is 0 Å². The molecule has 4 heteroatoms. The largest absolute Gasteiger partial charge is 0.496 e. The number of hydrogen-bond donors (Lipinski definition) is 1. The zero-order chi connectivity index (χ0) is 11.1. The Morgan fingerprint density at radius 3 is 2.53 bits per heavy atom. The van der Waals surface area contributed by atoms with Crippen molar-refractivity contribution in [1.29, 1.82) is 0 Å². The summed E-state index contributed by atoms with van der Waals surface area (Å²) >= 11 is 0. The molecule has 2 rings (SSSR count). The molecule has 1 N–H and O–H groups in total. The first-order valence-corrected chi connectivity index (χ1v) is 4.76. The Hall–Kier alpha value is -1.16. The van der Waals surface area contributed by atoms with Gasteiger partial charge in [0.05, 0.1) is 18.3 Å². The van der Waals surface area contributed by atoms with E-state index in [4.69, 9.17) is 4.74 Å². The Balaban J connectivity index is 2.50. The van der Waals surface area contributed by atoms with Crippen LogP contribution < -0.4 is 4.74 Å². The summed E-state index contributed by atoms with van der Waals surface area (Å²) in [5, 5.41) is 9.89. The minimum Gasteiger partial charge on any atom is -0.496 e. The third kappa shape index (κ3) is 1.69. The maximum Gasteiger partial charge on any atom is 0.267 e. The Morgan fingerprint density at radius 2 is 2.07 bits per heavy atom. The van der Waals surface area contributed by atoms with E-state index >= 15 is 0 Å². The van der Waals surface area contributed by atoms with Crippen molar-refractivity contribution in [2.75, 3.05) is 7.11 Å². The van der Waals surface area contributed by atoms with Crippen LogP contribution in [0.2, 0.25) is 0 Å². The van der Waals surface area contributed by atoms with Crippen LogP contribution in [0.1, 0.15) is 30.4 Å². The minimum atomic E-state index is -2.58. The Kier molecular flexibility index (Phi) is 2.38. The van der Waals surface area contributed by atoms with Gasteiger partial charge in [-0.3, -0.25) is 0 Å². The van der Waals surface area contributed by atoms with Gasteiger partial charge in [-0.05, 0) is 18.9 Å². The summed E-state index contributed by atoms with van der Waals surface area (Å²) in [5.74, 6) is 0.118. The van der Waals surface area contributed by atoms with Crippen molar-refractivity contribution in [1.82, 2.24) is 0 Å². The second kappa shape index (κ2) is 3.45. The first kappa shape index (κ1) is 10.4. The van der Waals surface area contributed by atoms with Crippen molar-refractivity contribution in [2.45, 2.75) is 24.9 Å². The van der Waals surface area contributed by atoms with Crippen LogP contribution in [-0.4, -0.2) is 12.2 Å². The fourth-order valence-corrected chi connectivity index (χ4v) is 1.71. The summed E-state index contributed by atoms with van der Waals surface area (Å²) in [6.45, 7) is 0. The molecule has 0 heterocycles. The lowest BCUT2D eigenvalue weighted by atomic mass is 10.0. The predicted molar refractivity (Wildman–Crippen MR) is 51.1 cm³/mol. The Morgan fingerprint density at radius 1 is 1.40 bits per heavy atom. The molecule has 0 unspecified atom stereocenters. The third-order valence-electron chi connectivity index (χ3n) is 2.71. The fraction of sp³-hybridized carbons (Fsp3) is 0.455. The average molecular weight is 214 g/mol. The number of benzene rings is 1.